The second-order valence-corrected chi connectivity index (χ2v) is 4.30. The van der Waals surface area contributed by atoms with Gasteiger partial charge < -0.3 is 4.90 Å². The zero-order valence-electron chi connectivity index (χ0n) is 10.2. The molecule has 0 unspecified atom stereocenters. The summed E-state index contributed by atoms with van der Waals surface area (Å²) >= 11 is 5.93. The molecule has 1 amide bonds. The van der Waals surface area contributed by atoms with Gasteiger partial charge in [-0.05, 0) is 37.1 Å². The smallest absolute Gasteiger partial charge is 0.254 e. The number of hydrogen-bond donors (Lipinski definition) is 0. The molecule has 0 atom stereocenters. The molecule has 0 aliphatic heterocycles. The van der Waals surface area contributed by atoms with E-state index in [1.807, 2.05) is 13.8 Å². The van der Waals surface area contributed by atoms with Gasteiger partial charge in [0.05, 0.1) is 6.54 Å². The topological polar surface area (TPSA) is 20.3 Å². The molecule has 2 nitrogen and oxygen atoms in total. The maximum atomic E-state index is 12.2. The predicted octanol–water partition coefficient (Wildman–Crippen LogP) is 3.13. The number of amides is 1. The van der Waals surface area contributed by atoms with E-state index in [0.29, 0.717) is 23.7 Å². The van der Waals surface area contributed by atoms with E-state index in [9.17, 15) is 4.79 Å². The highest BCUT2D eigenvalue weighted by molar-refractivity contribution is 6.31. The highest BCUT2D eigenvalue weighted by Gasteiger charge is 2.14. The molecule has 3 heteroatoms. The Bertz CT molecular complexity index is 448. The predicted molar refractivity (Wildman–Crippen MR) is 71.2 cm³/mol. The molecule has 0 aliphatic carbocycles. The zero-order valence-corrected chi connectivity index (χ0v) is 10.9. The molecule has 0 saturated heterocycles. The first-order valence-corrected chi connectivity index (χ1v) is 5.96. The molecule has 0 N–H and O–H groups in total. The van der Waals surface area contributed by atoms with Gasteiger partial charge in [0.2, 0.25) is 0 Å². The summed E-state index contributed by atoms with van der Waals surface area (Å²) in [6.45, 7) is 4.91. The van der Waals surface area contributed by atoms with Crippen LogP contribution in [-0.4, -0.2) is 23.9 Å². The van der Waals surface area contributed by atoms with E-state index in [1.165, 1.54) is 0 Å². The van der Waals surface area contributed by atoms with Crippen LogP contribution in [0, 0.1) is 19.3 Å². The van der Waals surface area contributed by atoms with Crippen molar-refractivity contribution >= 4 is 17.5 Å². The summed E-state index contributed by atoms with van der Waals surface area (Å²) in [4.78, 5) is 13.8. The lowest BCUT2D eigenvalue weighted by molar-refractivity contribution is 0.0777. The monoisotopic (exact) mass is 249 g/mol. The minimum Gasteiger partial charge on any atom is -0.328 e. The van der Waals surface area contributed by atoms with Crippen molar-refractivity contribution in [2.75, 3.05) is 13.1 Å². The summed E-state index contributed by atoms with van der Waals surface area (Å²) in [5.41, 5.74) is 1.53. The SMILES string of the molecule is C#CCN(CCC)C(=O)c1ccc(Cl)c(C)c1. The van der Waals surface area contributed by atoms with Gasteiger partial charge in [-0.25, -0.2) is 0 Å². The van der Waals surface area contributed by atoms with Gasteiger partial charge in [0.15, 0.2) is 0 Å². The Labute approximate surface area is 108 Å². The van der Waals surface area contributed by atoms with Crippen LogP contribution in [0.3, 0.4) is 0 Å². The van der Waals surface area contributed by atoms with Crippen molar-refractivity contribution in [1.82, 2.24) is 4.90 Å². The second kappa shape index (κ2) is 6.32. The largest absolute Gasteiger partial charge is 0.328 e. The van der Waals surface area contributed by atoms with Gasteiger partial charge in [0.1, 0.15) is 0 Å². The van der Waals surface area contributed by atoms with Crippen LogP contribution in [0.2, 0.25) is 5.02 Å². The molecule has 0 saturated carbocycles. The Kier molecular flexibility index (Phi) is 5.06. The van der Waals surface area contributed by atoms with Gasteiger partial charge in [0, 0.05) is 17.1 Å². The number of carbonyl (C=O) groups is 1. The van der Waals surface area contributed by atoms with Crippen LogP contribution in [0.4, 0.5) is 0 Å². The number of terminal acetylenes is 1. The summed E-state index contributed by atoms with van der Waals surface area (Å²) in [7, 11) is 0. The van der Waals surface area contributed by atoms with Crippen LogP contribution >= 0.6 is 11.6 Å². The summed E-state index contributed by atoms with van der Waals surface area (Å²) in [6.07, 6.45) is 6.15. The molecule has 1 rings (SSSR count). The van der Waals surface area contributed by atoms with Crippen LogP contribution in [0.5, 0.6) is 0 Å². The maximum Gasteiger partial charge on any atom is 0.254 e. The number of halogens is 1. The van der Waals surface area contributed by atoms with E-state index in [0.717, 1.165) is 12.0 Å². The number of rotatable bonds is 4. The fraction of sp³-hybridized carbons (Fsp3) is 0.357. The van der Waals surface area contributed by atoms with Crippen molar-refractivity contribution in [3.8, 4) is 12.3 Å². The van der Waals surface area contributed by atoms with Gasteiger partial charge in [0.25, 0.3) is 5.91 Å². The third kappa shape index (κ3) is 3.51. The summed E-state index contributed by atoms with van der Waals surface area (Å²) in [6, 6.07) is 5.27. The average Bonchev–Trinajstić information content (AvgIpc) is 2.31. The van der Waals surface area contributed by atoms with E-state index in [1.54, 1.807) is 23.1 Å². The summed E-state index contributed by atoms with van der Waals surface area (Å²) in [5.74, 6) is 2.47. The molecule has 90 valence electrons. The molecular formula is C14H16ClNO. The van der Waals surface area contributed by atoms with Gasteiger partial charge in [-0.3, -0.25) is 4.79 Å². The quantitative estimate of drug-likeness (QED) is 0.751. The van der Waals surface area contributed by atoms with Gasteiger partial charge in [-0.2, -0.15) is 0 Å². The second-order valence-electron chi connectivity index (χ2n) is 3.89. The first-order chi connectivity index (χ1) is 8.10. The zero-order chi connectivity index (χ0) is 12.8. The van der Waals surface area contributed by atoms with Crippen molar-refractivity contribution < 1.29 is 4.79 Å². The van der Waals surface area contributed by atoms with E-state index in [2.05, 4.69) is 5.92 Å². The number of hydrogen-bond acceptors (Lipinski definition) is 1. The van der Waals surface area contributed by atoms with Gasteiger partial charge in [-0.1, -0.05) is 24.4 Å². The van der Waals surface area contributed by atoms with Crippen molar-refractivity contribution in [2.24, 2.45) is 0 Å². The first kappa shape index (κ1) is 13.6. The van der Waals surface area contributed by atoms with Crippen LogP contribution < -0.4 is 0 Å². The lowest BCUT2D eigenvalue weighted by atomic mass is 10.1. The Morgan fingerprint density at radius 2 is 2.24 bits per heavy atom. The average molecular weight is 250 g/mol. The highest BCUT2D eigenvalue weighted by atomic mass is 35.5. The third-order valence-corrected chi connectivity index (χ3v) is 2.89. The normalized spacial score (nSPS) is 9.76. The Morgan fingerprint density at radius 3 is 2.76 bits per heavy atom. The van der Waals surface area contributed by atoms with Crippen molar-refractivity contribution in [2.45, 2.75) is 20.3 Å². The van der Waals surface area contributed by atoms with Crippen LogP contribution in [0.1, 0.15) is 29.3 Å². The number of aryl methyl sites for hydroxylation is 1. The minimum atomic E-state index is -0.0374. The maximum absolute atomic E-state index is 12.2. The van der Waals surface area contributed by atoms with E-state index in [-0.39, 0.29) is 5.91 Å². The standard InChI is InChI=1S/C14H16ClNO/c1-4-8-16(9-5-2)14(17)12-6-7-13(15)11(3)10-12/h1,6-7,10H,5,8-9H2,2-3H3. The summed E-state index contributed by atoms with van der Waals surface area (Å²) in [5, 5.41) is 0.667. The fourth-order valence-corrected chi connectivity index (χ4v) is 1.71. The molecule has 0 fully saturated rings. The molecule has 0 aromatic heterocycles. The highest BCUT2D eigenvalue weighted by Crippen LogP contribution is 2.17. The molecule has 0 bridgehead atoms. The van der Waals surface area contributed by atoms with Crippen LogP contribution in [0.25, 0.3) is 0 Å². The Hall–Kier alpha value is -1.46. The molecule has 1 aromatic carbocycles. The van der Waals surface area contributed by atoms with Crippen molar-refractivity contribution in [3.63, 3.8) is 0 Å². The molecule has 0 radical (unpaired) electrons. The van der Waals surface area contributed by atoms with Gasteiger partial charge >= 0.3 is 0 Å². The third-order valence-electron chi connectivity index (χ3n) is 2.47. The molecule has 1 aromatic rings. The fourth-order valence-electron chi connectivity index (χ4n) is 1.59. The minimum absolute atomic E-state index is 0.0374. The molecular weight excluding hydrogens is 234 g/mol. The van der Waals surface area contributed by atoms with Crippen molar-refractivity contribution in [1.29, 1.82) is 0 Å². The molecule has 0 aliphatic rings. The summed E-state index contributed by atoms with van der Waals surface area (Å²) < 4.78 is 0. The Morgan fingerprint density at radius 1 is 1.53 bits per heavy atom. The number of nitrogens with zero attached hydrogens (tertiary/aromatic N) is 1. The van der Waals surface area contributed by atoms with Gasteiger partial charge in [-0.15, -0.1) is 6.42 Å². The van der Waals surface area contributed by atoms with Crippen LogP contribution in [-0.2, 0) is 0 Å². The number of carbonyl (C=O) groups excluding carboxylic acids is 1. The Balaban J connectivity index is 2.93. The number of benzene rings is 1. The molecule has 17 heavy (non-hydrogen) atoms. The van der Waals surface area contributed by atoms with E-state index in [4.69, 9.17) is 18.0 Å². The van der Waals surface area contributed by atoms with Crippen LogP contribution in [0.15, 0.2) is 18.2 Å². The lowest BCUT2D eigenvalue weighted by Crippen LogP contribution is -2.32. The molecule has 0 heterocycles. The lowest BCUT2D eigenvalue weighted by Gasteiger charge is -2.19. The van der Waals surface area contributed by atoms with Crippen molar-refractivity contribution in [3.05, 3.63) is 34.3 Å². The van der Waals surface area contributed by atoms with E-state index < -0.39 is 0 Å². The molecule has 0 spiro atoms. The first-order valence-electron chi connectivity index (χ1n) is 5.59. The van der Waals surface area contributed by atoms with E-state index >= 15 is 0 Å².